The summed E-state index contributed by atoms with van der Waals surface area (Å²) in [5.74, 6) is 0.0988. The maximum atomic E-state index is 13.6. The van der Waals surface area contributed by atoms with Gasteiger partial charge in [0.25, 0.3) is 5.56 Å². The van der Waals surface area contributed by atoms with Crippen molar-refractivity contribution in [3.05, 3.63) is 110 Å². The van der Waals surface area contributed by atoms with Crippen LogP contribution >= 0.6 is 11.6 Å². The first kappa shape index (κ1) is 24.2. The number of rotatable bonds is 6. The van der Waals surface area contributed by atoms with Crippen molar-refractivity contribution in [3.63, 3.8) is 0 Å². The van der Waals surface area contributed by atoms with Gasteiger partial charge < -0.3 is 9.30 Å². The van der Waals surface area contributed by atoms with Crippen LogP contribution in [0.25, 0.3) is 16.6 Å². The second-order valence-electron chi connectivity index (χ2n) is 8.49. The molecule has 4 aromatic heterocycles. The zero-order valence-electron chi connectivity index (χ0n) is 19.9. The van der Waals surface area contributed by atoms with Gasteiger partial charge in [0, 0.05) is 28.5 Å². The van der Waals surface area contributed by atoms with Gasteiger partial charge in [-0.1, -0.05) is 11.6 Å². The first-order valence-corrected chi connectivity index (χ1v) is 11.7. The third-order valence-electron chi connectivity index (χ3n) is 5.81. The molecule has 4 heterocycles. The van der Waals surface area contributed by atoms with Crippen LogP contribution in [0, 0.1) is 31.0 Å². The van der Waals surface area contributed by atoms with E-state index in [0.717, 1.165) is 17.3 Å². The Kier molecular flexibility index (Phi) is 6.42. The highest BCUT2D eigenvalue weighted by Crippen LogP contribution is 2.28. The Labute approximate surface area is 216 Å². The summed E-state index contributed by atoms with van der Waals surface area (Å²) in [7, 11) is 0. The molecule has 10 heteroatoms. The van der Waals surface area contributed by atoms with E-state index in [4.69, 9.17) is 16.3 Å². The molecule has 0 saturated heterocycles. The number of halogens is 2. The molecule has 0 atom stereocenters. The average Bonchev–Trinajstić information content (AvgIpc) is 3.30. The molecule has 8 nitrogen and oxygen atoms in total. The van der Waals surface area contributed by atoms with E-state index in [1.807, 2.05) is 38.1 Å². The van der Waals surface area contributed by atoms with Crippen LogP contribution in [0.15, 0.2) is 65.8 Å². The molecule has 0 aliphatic carbocycles. The molecular weight excluding hydrogens is 495 g/mol. The largest absolute Gasteiger partial charge is 0.489 e. The Balaban J connectivity index is 1.49. The van der Waals surface area contributed by atoms with Gasteiger partial charge in [-0.2, -0.15) is 10.4 Å². The van der Waals surface area contributed by atoms with Crippen molar-refractivity contribution in [2.24, 2.45) is 0 Å². The molecule has 1 aromatic carbocycles. The summed E-state index contributed by atoms with van der Waals surface area (Å²) >= 11 is 6.57. The summed E-state index contributed by atoms with van der Waals surface area (Å²) in [4.78, 5) is 21.7. The van der Waals surface area contributed by atoms with E-state index in [0.29, 0.717) is 38.9 Å². The average molecular weight is 515 g/mol. The highest BCUT2D eigenvalue weighted by Gasteiger charge is 2.15. The fourth-order valence-electron chi connectivity index (χ4n) is 4.09. The molecule has 0 amide bonds. The van der Waals surface area contributed by atoms with Crippen LogP contribution in [0.1, 0.15) is 28.2 Å². The molecule has 0 aliphatic rings. The molecule has 184 valence electrons. The highest BCUT2D eigenvalue weighted by atomic mass is 35.5. The Morgan fingerprint density at radius 1 is 1.14 bits per heavy atom. The van der Waals surface area contributed by atoms with Crippen LogP contribution in [0.3, 0.4) is 0 Å². The third-order valence-corrected chi connectivity index (χ3v) is 6.15. The quantitative estimate of drug-likeness (QED) is 0.320. The van der Waals surface area contributed by atoms with E-state index in [1.54, 1.807) is 24.4 Å². The number of hydrogen-bond acceptors (Lipinski definition) is 6. The van der Waals surface area contributed by atoms with Gasteiger partial charge >= 0.3 is 0 Å². The molecule has 0 saturated carbocycles. The van der Waals surface area contributed by atoms with Gasteiger partial charge in [-0.3, -0.25) is 14.8 Å². The van der Waals surface area contributed by atoms with Crippen molar-refractivity contribution >= 4 is 22.5 Å². The van der Waals surface area contributed by atoms with E-state index in [9.17, 15) is 14.4 Å². The number of hydrogen-bond donors (Lipinski definition) is 0. The predicted octanol–water partition coefficient (Wildman–Crippen LogP) is 4.89. The number of nitrogens with zero attached hydrogens (tertiary/aromatic N) is 6. The summed E-state index contributed by atoms with van der Waals surface area (Å²) in [6.07, 6.45) is 4.05. The maximum absolute atomic E-state index is 13.6. The third kappa shape index (κ3) is 4.92. The van der Waals surface area contributed by atoms with Gasteiger partial charge in [0.05, 0.1) is 40.9 Å². The fourth-order valence-corrected chi connectivity index (χ4v) is 4.42. The van der Waals surface area contributed by atoms with Crippen molar-refractivity contribution in [2.75, 3.05) is 0 Å². The number of pyridine rings is 3. The van der Waals surface area contributed by atoms with E-state index in [2.05, 4.69) is 15.1 Å². The summed E-state index contributed by atoms with van der Waals surface area (Å²) < 4.78 is 22.6. The van der Waals surface area contributed by atoms with Crippen LogP contribution in [0.4, 0.5) is 4.39 Å². The minimum absolute atomic E-state index is 0.0481. The molecule has 0 spiro atoms. The number of nitriles is 1. The Hall–Kier alpha value is -4.55. The lowest BCUT2D eigenvalue weighted by Crippen LogP contribution is -2.23. The highest BCUT2D eigenvalue weighted by molar-refractivity contribution is 6.31. The minimum Gasteiger partial charge on any atom is -0.489 e. The first-order chi connectivity index (χ1) is 17.8. The molecule has 0 radical (unpaired) electrons. The van der Waals surface area contributed by atoms with Crippen molar-refractivity contribution < 1.29 is 9.13 Å². The molecule has 0 N–H and O–H groups in total. The number of fused-ring (bicyclic) bond motifs is 1. The normalized spacial score (nSPS) is 11.0. The standard InChI is InChI=1S/C27H20ClFN6O2/c1-16-8-23(28)22(25(33-16)14-34-7-3-4-18(11-30)27(34)36)15-37-20-5-6-24-21(10-20)26(9-17(2)32-24)35-13-19(29)12-31-35/h3-10,12-13H,14-15H2,1-2H3. The minimum atomic E-state index is -0.441. The Bertz CT molecular complexity index is 1750. The predicted molar refractivity (Wildman–Crippen MR) is 136 cm³/mol. The van der Waals surface area contributed by atoms with Gasteiger partial charge in [-0.25, -0.2) is 9.07 Å². The van der Waals surface area contributed by atoms with Crippen molar-refractivity contribution in [1.82, 2.24) is 24.3 Å². The van der Waals surface area contributed by atoms with Crippen LogP contribution in [0.2, 0.25) is 5.02 Å². The van der Waals surface area contributed by atoms with Gasteiger partial charge in [0.1, 0.15) is 24.0 Å². The second kappa shape index (κ2) is 9.84. The molecule has 5 rings (SSSR count). The number of aromatic nitrogens is 5. The van der Waals surface area contributed by atoms with Gasteiger partial charge in [0.2, 0.25) is 0 Å². The van der Waals surface area contributed by atoms with Crippen molar-refractivity contribution in [1.29, 1.82) is 5.26 Å². The van der Waals surface area contributed by atoms with Gasteiger partial charge in [-0.15, -0.1) is 0 Å². The smallest absolute Gasteiger partial charge is 0.268 e. The van der Waals surface area contributed by atoms with E-state index < -0.39 is 11.4 Å². The molecular formula is C27H20ClFN6O2. The topological polar surface area (TPSA) is 98.6 Å². The SMILES string of the molecule is Cc1cc(Cl)c(COc2ccc3nc(C)cc(-n4cc(F)cn4)c3c2)c(Cn2cccc(C#N)c2=O)n1. The Morgan fingerprint density at radius 2 is 1.95 bits per heavy atom. The lowest BCUT2D eigenvalue weighted by molar-refractivity contribution is 0.304. The van der Waals surface area contributed by atoms with Crippen molar-refractivity contribution in [2.45, 2.75) is 27.0 Å². The molecule has 5 aromatic rings. The van der Waals surface area contributed by atoms with Crippen LogP contribution in [0.5, 0.6) is 5.75 Å². The zero-order chi connectivity index (χ0) is 26.1. The van der Waals surface area contributed by atoms with E-state index >= 15 is 0 Å². The summed E-state index contributed by atoms with van der Waals surface area (Å²) in [5.41, 5.74) is 3.67. The van der Waals surface area contributed by atoms with Gasteiger partial charge in [0.15, 0.2) is 5.82 Å². The second-order valence-corrected chi connectivity index (χ2v) is 8.90. The fraction of sp³-hybridized carbons (Fsp3) is 0.148. The summed E-state index contributed by atoms with van der Waals surface area (Å²) in [5, 5.41) is 14.5. The zero-order valence-corrected chi connectivity index (χ0v) is 20.7. The van der Waals surface area contributed by atoms with E-state index in [-0.39, 0.29) is 18.7 Å². The molecule has 0 aliphatic heterocycles. The van der Waals surface area contributed by atoms with Gasteiger partial charge in [-0.05, 0) is 56.3 Å². The van der Waals surface area contributed by atoms with Crippen LogP contribution < -0.4 is 10.3 Å². The maximum Gasteiger partial charge on any atom is 0.268 e. The number of benzene rings is 1. The van der Waals surface area contributed by atoms with Crippen molar-refractivity contribution in [3.8, 4) is 17.5 Å². The molecule has 0 bridgehead atoms. The van der Waals surface area contributed by atoms with E-state index in [1.165, 1.54) is 21.5 Å². The Morgan fingerprint density at radius 3 is 2.70 bits per heavy atom. The molecule has 37 heavy (non-hydrogen) atoms. The first-order valence-electron chi connectivity index (χ1n) is 11.3. The lowest BCUT2D eigenvalue weighted by atomic mass is 10.1. The number of ether oxygens (including phenoxy) is 1. The monoisotopic (exact) mass is 514 g/mol. The van der Waals surface area contributed by atoms with Crippen LogP contribution in [-0.4, -0.2) is 24.3 Å². The molecule has 0 fully saturated rings. The molecule has 0 unspecified atom stereocenters. The lowest BCUT2D eigenvalue weighted by Gasteiger charge is -2.15. The number of aryl methyl sites for hydroxylation is 2. The summed E-state index contributed by atoms with van der Waals surface area (Å²) in [6.45, 7) is 3.89. The van der Waals surface area contributed by atoms with Crippen LogP contribution in [-0.2, 0) is 13.2 Å². The summed E-state index contributed by atoms with van der Waals surface area (Å²) in [6, 6.07) is 14.0.